The predicted molar refractivity (Wildman–Crippen MR) is 86.0 cm³/mol. The number of hydrogen-bond acceptors (Lipinski definition) is 3. The van der Waals surface area contributed by atoms with Crippen LogP contribution in [0.3, 0.4) is 0 Å². The van der Waals surface area contributed by atoms with Crippen molar-refractivity contribution in [2.24, 2.45) is 0 Å². The molecule has 1 saturated heterocycles. The van der Waals surface area contributed by atoms with E-state index >= 15 is 0 Å². The third-order valence-corrected chi connectivity index (χ3v) is 4.43. The first-order chi connectivity index (χ1) is 10.8. The highest BCUT2D eigenvalue weighted by molar-refractivity contribution is 5.79. The van der Waals surface area contributed by atoms with Gasteiger partial charge < -0.3 is 4.74 Å². The van der Waals surface area contributed by atoms with Crippen molar-refractivity contribution < 1.29 is 4.74 Å². The normalized spacial score (nSPS) is 16.2. The molecule has 3 heterocycles. The highest BCUT2D eigenvalue weighted by atomic mass is 16.5. The Hall–Kier alpha value is -2.20. The number of fused-ring (bicyclic) bond motifs is 1. The topological polar surface area (TPSA) is 39.4 Å². The lowest BCUT2D eigenvalue weighted by Crippen LogP contribution is -2.15. The molecule has 0 radical (unpaired) electrons. The van der Waals surface area contributed by atoms with Crippen molar-refractivity contribution in [2.45, 2.75) is 25.7 Å². The van der Waals surface area contributed by atoms with Crippen LogP contribution in [0.25, 0.3) is 16.6 Å². The summed E-state index contributed by atoms with van der Waals surface area (Å²) in [5.74, 6) is 0.491. The number of rotatable bonds is 2. The molecule has 1 aromatic carbocycles. The van der Waals surface area contributed by atoms with Crippen LogP contribution in [0.15, 0.2) is 42.9 Å². The van der Waals surface area contributed by atoms with Crippen molar-refractivity contribution in [3.05, 3.63) is 54.1 Å². The summed E-state index contributed by atoms with van der Waals surface area (Å²) in [4.78, 5) is 4.69. The van der Waals surface area contributed by atoms with Gasteiger partial charge in [0.25, 0.3) is 0 Å². The molecule has 0 unspecified atom stereocenters. The molecule has 0 N–H and O–H groups in total. The molecule has 22 heavy (non-hydrogen) atoms. The second-order valence-corrected chi connectivity index (χ2v) is 5.95. The zero-order chi connectivity index (χ0) is 14.9. The summed E-state index contributed by atoms with van der Waals surface area (Å²) in [6, 6.07) is 8.53. The van der Waals surface area contributed by atoms with Gasteiger partial charge in [-0.05, 0) is 25.3 Å². The molecule has 0 aliphatic carbocycles. The van der Waals surface area contributed by atoms with Gasteiger partial charge in [0.2, 0.25) is 0 Å². The Kier molecular flexibility index (Phi) is 3.39. The Bertz CT molecular complexity index is 786. The van der Waals surface area contributed by atoms with Crippen LogP contribution in [-0.2, 0) is 4.74 Å². The first-order valence-corrected chi connectivity index (χ1v) is 7.79. The molecule has 4 nitrogen and oxygen atoms in total. The van der Waals surface area contributed by atoms with E-state index in [1.54, 1.807) is 0 Å². The van der Waals surface area contributed by atoms with E-state index in [0.29, 0.717) is 5.92 Å². The Labute approximate surface area is 129 Å². The summed E-state index contributed by atoms with van der Waals surface area (Å²) >= 11 is 0. The Morgan fingerprint density at radius 2 is 1.86 bits per heavy atom. The Balaban J connectivity index is 1.72. The van der Waals surface area contributed by atoms with Crippen LogP contribution in [0.2, 0.25) is 0 Å². The highest BCUT2D eigenvalue weighted by Crippen LogP contribution is 2.28. The van der Waals surface area contributed by atoms with Gasteiger partial charge in [-0.15, -0.1) is 0 Å². The van der Waals surface area contributed by atoms with Gasteiger partial charge in [-0.25, -0.2) is 4.52 Å². The molecule has 0 bridgehead atoms. The van der Waals surface area contributed by atoms with E-state index in [1.165, 1.54) is 11.1 Å². The molecule has 3 aromatic rings. The minimum absolute atomic E-state index is 0.491. The van der Waals surface area contributed by atoms with E-state index in [4.69, 9.17) is 9.72 Å². The van der Waals surface area contributed by atoms with Gasteiger partial charge in [0, 0.05) is 24.7 Å². The second kappa shape index (κ2) is 5.54. The summed E-state index contributed by atoms with van der Waals surface area (Å²) in [5, 5.41) is 4.52. The van der Waals surface area contributed by atoms with E-state index in [1.807, 2.05) is 16.9 Å². The molecule has 0 atom stereocenters. The number of hydrogen-bond donors (Lipinski definition) is 0. The first kappa shape index (κ1) is 13.5. The number of ether oxygens (including phenoxy) is 1. The highest BCUT2D eigenvalue weighted by Gasteiger charge is 2.18. The summed E-state index contributed by atoms with van der Waals surface area (Å²) < 4.78 is 7.38. The molecule has 1 aliphatic heterocycles. The number of aryl methyl sites for hydroxylation is 1. The molecular weight excluding hydrogens is 274 g/mol. The Morgan fingerprint density at radius 1 is 1.09 bits per heavy atom. The van der Waals surface area contributed by atoms with E-state index in [-0.39, 0.29) is 0 Å². The number of aromatic nitrogens is 3. The maximum absolute atomic E-state index is 5.43. The maximum atomic E-state index is 5.43. The predicted octanol–water partition coefficient (Wildman–Crippen LogP) is 3.60. The largest absolute Gasteiger partial charge is 0.381 e. The molecule has 4 heteroatoms. The smallest absolute Gasteiger partial charge is 0.0923 e. The van der Waals surface area contributed by atoms with Crippen LogP contribution >= 0.6 is 0 Å². The maximum Gasteiger partial charge on any atom is 0.0923 e. The van der Waals surface area contributed by atoms with Crippen LogP contribution in [-0.4, -0.2) is 27.8 Å². The van der Waals surface area contributed by atoms with Gasteiger partial charge in [-0.3, -0.25) is 4.98 Å². The van der Waals surface area contributed by atoms with Crippen molar-refractivity contribution in [2.75, 3.05) is 13.2 Å². The van der Waals surface area contributed by atoms with Crippen LogP contribution in [0.4, 0.5) is 0 Å². The lowest BCUT2D eigenvalue weighted by molar-refractivity contribution is 0.0844. The average Bonchev–Trinajstić information content (AvgIpc) is 2.99. The van der Waals surface area contributed by atoms with Gasteiger partial charge in [-0.2, -0.15) is 5.10 Å². The van der Waals surface area contributed by atoms with E-state index < -0.39 is 0 Å². The van der Waals surface area contributed by atoms with Crippen molar-refractivity contribution in [3.63, 3.8) is 0 Å². The molecule has 0 saturated carbocycles. The van der Waals surface area contributed by atoms with Crippen molar-refractivity contribution >= 4 is 5.52 Å². The first-order valence-electron chi connectivity index (χ1n) is 7.79. The summed E-state index contributed by atoms with van der Waals surface area (Å²) in [5.41, 5.74) is 5.75. The van der Waals surface area contributed by atoms with Gasteiger partial charge in [-0.1, -0.05) is 29.8 Å². The third-order valence-electron chi connectivity index (χ3n) is 4.43. The van der Waals surface area contributed by atoms with E-state index in [9.17, 15) is 0 Å². The third kappa shape index (κ3) is 2.40. The van der Waals surface area contributed by atoms with Gasteiger partial charge in [0.15, 0.2) is 0 Å². The van der Waals surface area contributed by atoms with Crippen molar-refractivity contribution in [1.82, 2.24) is 14.6 Å². The lowest BCUT2D eigenvalue weighted by Gasteiger charge is -2.21. The van der Waals surface area contributed by atoms with E-state index in [2.05, 4.69) is 42.5 Å². The number of benzene rings is 1. The van der Waals surface area contributed by atoms with Gasteiger partial charge >= 0.3 is 0 Å². The zero-order valence-corrected chi connectivity index (χ0v) is 12.7. The van der Waals surface area contributed by atoms with Crippen LogP contribution in [0.5, 0.6) is 0 Å². The SMILES string of the molecule is Cc1ccc(-c2cnn3cc(C4CCOCC4)ncc23)cc1. The fourth-order valence-corrected chi connectivity index (χ4v) is 3.06. The molecular formula is C18H19N3O. The molecule has 4 rings (SSSR count). The molecule has 2 aromatic heterocycles. The van der Waals surface area contributed by atoms with E-state index in [0.717, 1.165) is 42.8 Å². The fourth-order valence-electron chi connectivity index (χ4n) is 3.06. The van der Waals surface area contributed by atoms with Crippen LogP contribution < -0.4 is 0 Å². The second-order valence-electron chi connectivity index (χ2n) is 5.95. The molecule has 0 amide bonds. The minimum atomic E-state index is 0.491. The lowest BCUT2D eigenvalue weighted by atomic mass is 9.97. The quantitative estimate of drug-likeness (QED) is 0.724. The Morgan fingerprint density at radius 3 is 2.64 bits per heavy atom. The number of nitrogens with zero attached hydrogens (tertiary/aromatic N) is 3. The minimum Gasteiger partial charge on any atom is -0.381 e. The molecule has 112 valence electrons. The molecule has 1 aliphatic rings. The van der Waals surface area contributed by atoms with Gasteiger partial charge in [0.05, 0.1) is 29.8 Å². The molecule has 1 fully saturated rings. The van der Waals surface area contributed by atoms with Crippen molar-refractivity contribution in [1.29, 1.82) is 0 Å². The van der Waals surface area contributed by atoms with Crippen molar-refractivity contribution in [3.8, 4) is 11.1 Å². The van der Waals surface area contributed by atoms with Gasteiger partial charge in [0.1, 0.15) is 0 Å². The summed E-state index contributed by atoms with van der Waals surface area (Å²) in [6.45, 7) is 3.76. The molecule has 0 spiro atoms. The van der Waals surface area contributed by atoms with Crippen LogP contribution in [0.1, 0.15) is 30.0 Å². The standard InChI is InChI=1S/C18H19N3O/c1-13-2-4-14(5-3-13)16-10-20-21-12-17(19-11-18(16)21)15-6-8-22-9-7-15/h2-5,10-12,15H,6-9H2,1H3. The zero-order valence-electron chi connectivity index (χ0n) is 12.7. The summed E-state index contributed by atoms with van der Waals surface area (Å²) in [6.07, 6.45) is 8.04. The average molecular weight is 293 g/mol. The van der Waals surface area contributed by atoms with Crippen LogP contribution in [0, 0.1) is 6.92 Å². The summed E-state index contributed by atoms with van der Waals surface area (Å²) in [7, 11) is 0. The fraction of sp³-hybridized carbons (Fsp3) is 0.333. The monoisotopic (exact) mass is 293 g/mol.